The van der Waals surface area contributed by atoms with E-state index < -0.39 is 5.97 Å². The highest BCUT2D eigenvalue weighted by atomic mass is 16.5. The quantitative estimate of drug-likeness (QED) is 0.646. The monoisotopic (exact) mass is 199 g/mol. The Morgan fingerprint density at radius 1 is 1.50 bits per heavy atom. The van der Waals surface area contributed by atoms with E-state index in [9.17, 15) is 4.79 Å². The van der Waals surface area contributed by atoms with E-state index in [1.54, 1.807) is 7.11 Å². The Morgan fingerprint density at radius 2 is 2.14 bits per heavy atom. The van der Waals surface area contributed by atoms with Gasteiger partial charge in [-0.1, -0.05) is 0 Å². The molecule has 2 aliphatic rings. The van der Waals surface area contributed by atoms with E-state index in [1.807, 2.05) is 0 Å². The third-order valence-corrected chi connectivity index (χ3v) is 3.38. The van der Waals surface area contributed by atoms with Crippen molar-refractivity contribution in [3.63, 3.8) is 0 Å². The zero-order valence-electron chi connectivity index (χ0n) is 8.48. The molecule has 2 atom stereocenters. The lowest BCUT2D eigenvalue weighted by Gasteiger charge is -2.17. The topological polar surface area (TPSA) is 49.8 Å². The number of fused-ring (bicyclic) bond motifs is 1. The lowest BCUT2D eigenvalue weighted by atomic mass is 10.2. The summed E-state index contributed by atoms with van der Waals surface area (Å²) in [5.41, 5.74) is 0. The van der Waals surface area contributed by atoms with E-state index in [2.05, 4.69) is 4.90 Å². The first-order valence-corrected chi connectivity index (χ1v) is 5.18. The number of likely N-dealkylation sites (tertiary alicyclic amines) is 1. The molecule has 2 fully saturated rings. The molecule has 0 radical (unpaired) electrons. The molecular weight excluding hydrogens is 182 g/mol. The van der Waals surface area contributed by atoms with Crippen molar-refractivity contribution in [2.24, 2.45) is 17.8 Å². The molecule has 4 nitrogen and oxygen atoms in total. The van der Waals surface area contributed by atoms with E-state index in [0.717, 1.165) is 32.7 Å². The van der Waals surface area contributed by atoms with E-state index in [4.69, 9.17) is 9.84 Å². The minimum Gasteiger partial charge on any atom is -0.481 e. The van der Waals surface area contributed by atoms with Gasteiger partial charge in [0.25, 0.3) is 0 Å². The Labute approximate surface area is 83.8 Å². The van der Waals surface area contributed by atoms with Gasteiger partial charge >= 0.3 is 5.97 Å². The Bertz CT molecular complexity index is 219. The predicted octanol–water partition coefficient (Wildman–Crippen LogP) is 0.285. The fraction of sp³-hybridized carbons (Fsp3) is 0.900. The number of carbonyl (C=O) groups is 1. The molecular formula is C10H17NO3. The summed E-state index contributed by atoms with van der Waals surface area (Å²) in [4.78, 5) is 13.1. The van der Waals surface area contributed by atoms with Gasteiger partial charge in [0.1, 0.15) is 0 Å². The number of piperidine rings is 1. The zero-order chi connectivity index (χ0) is 10.1. The normalized spacial score (nSPS) is 35.6. The molecule has 1 heterocycles. The number of hydrogen-bond donors (Lipinski definition) is 1. The van der Waals surface area contributed by atoms with Crippen molar-refractivity contribution >= 4 is 5.97 Å². The second kappa shape index (κ2) is 3.87. The Balaban J connectivity index is 1.66. The van der Waals surface area contributed by atoms with Gasteiger partial charge in [0, 0.05) is 33.4 Å². The van der Waals surface area contributed by atoms with E-state index >= 15 is 0 Å². The number of rotatable bonds is 5. The number of ether oxygens (including phenoxy) is 1. The van der Waals surface area contributed by atoms with Gasteiger partial charge in [0.05, 0.1) is 5.92 Å². The van der Waals surface area contributed by atoms with Crippen molar-refractivity contribution < 1.29 is 14.6 Å². The first-order chi connectivity index (χ1) is 6.74. The van der Waals surface area contributed by atoms with Crippen molar-refractivity contribution in [1.29, 1.82) is 0 Å². The van der Waals surface area contributed by atoms with Crippen LogP contribution in [0.4, 0.5) is 0 Å². The molecule has 0 aromatic rings. The molecule has 1 aliphatic carbocycles. The zero-order valence-corrected chi connectivity index (χ0v) is 8.48. The highest BCUT2D eigenvalue weighted by molar-refractivity contribution is 5.74. The van der Waals surface area contributed by atoms with Gasteiger partial charge in [-0.3, -0.25) is 4.79 Å². The maximum absolute atomic E-state index is 10.7. The summed E-state index contributed by atoms with van der Waals surface area (Å²) in [7, 11) is 1.71. The molecule has 14 heavy (non-hydrogen) atoms. The molecule has 4 heteroatoms. The molecule has 0 aromatic heterocycles. The van der Waals surface area contributed by atoms with Crippen LogP contribution >= 0.6 is 0 Å². The van der Waals surface area contributed by atoms with Gasteiger partial charge < -0.3 is 14.7 Å². The van der Waals surface area contributed by atoms with Crippen LogP contribution in [0.3, 0.4) is 0 Å². The molecule has 1 saturated heterocycles. The van der Waals surface area contributed by atoms with Crippen LogP contribution in [0.5, 0.6) is 0 Å². The standard InChI is InChI=1S/C10H17NO3/c1-14-4-2-3-11-5-7-8(6-11)9(7)10(12)13/h7-9H,2-6H2,1H3,(H,12,13). The van der Waals surface area contributed by atoms with Gasteiger partial charge in [-0.2, -0.15) is 0 Å². The summed E-state index contributed by atoms with van der Waals surface area (Å²) in [6.07, 6.45) is 1.05. The second-order valence-corrected chi connectivity index (χ2v) is 4.30. The number of nitrogens with zero attached hydrogens (tertiary/aromatic N) is 1. The fourth-order valence-corrected chi connectivity index (χ4v) is 2.60. The summed E-state index contributed by atoms with van der Waals surface area (Å²) < 4.78 is 4.98. The number of aliphatic carboxylic acids is 1. The number of carboxylic acid groups (broad SMARTS) is 1. The van der Waals surface area contributed by atoms with Gasteiger partial charge in [-0.15, -0.1) is 0 Å². The predicted molar refractivity (Wildman–Crippen MR) is 51.0 cm³/mol. The summed E-state index contributed by atoms with van der Waals surface area (Å²) in [6, 6.07) is 0. The third-order valence-electron chi connectivity index (χ3n) is 3.38. The molecule has 80 valence electrons. The van der Waals surface area contributed by atoms with Crippen LogP contribution < -0.4 is 0 Å². The molecule has 0 bridgehead atoms. The molecule has 2 unspecified atom stereocenters. The maximum Gasteiger partial charge on any atom is 0.307 e. The Kier molecular flexibility index (Phi) is 2.74. The maximum atomic E-state index is 10.7. The van der Waals surface area contributed by atoms with Crippen LogP contribution in [0, 0.1) is 17.8 Å². The van der Waals surface area contributed by atoms with E-state index in [0.29, 0.717) is 11.8 Å². The Hall–Kier alpha value is -0.610. The molecule has 0 spiro atoms. The molecule has 0 amide bonds. The van der Waals surface area contributed by atoms with Crippen molar-refractivity contribution in [3.8, 4) is 0 Å². The smallest absolute Gasteiger partial charge is 0.307 e. The van der Waals surface area contributed by atoms with Crippen LogP contribution in [-0.4, -0.2) is 49.3 Å². The number of hydrogen-bond acceptors (Lipinski definition) is 3. The molecule has 0 aromatic carbocycles. The average Bonchev–Trinajstić information content (AvgIpc) is 2.65. The van der Waals surface area contributed by atoms with Gasteiger partial charge in [-0.25, -0.2) is 0 Å². The van der Waals surface area contributed by atoms with Crippen molar-refractivity contribution in [3.05, 3.63) is 0 Å². The second-order valence-electron chi connectivity index (χ2n) is 4.30. The highest BCUT2D eigenvalue weighted by Crippen LogP contribution is 2.51. The number of carboxylic acids is 1. The third kappa shape index (κ3) is 1.77. The lowest BCUT2D eigenvalue weighted by Crippen LogP contribution is -2.27. The molecule has 1 aliphatic heterocycles. The summed E-state index contributed by atoms with van der Waals surface area (Å²) in [6.45, 7) is 3.80. The average molecular weight is 199 g/mol. The van der Waals surface area contributed by atoms with Crippen LogP contribution in [-0.2, 0) is 9.53 Å². The van der Waals surface area contributed by atoms with Gasteiger partial charge in [0.2, 0.25) is 0 Å². The minimum absolute atomic E-state index is 0.0336. The summed E-state index contributed by atoms with van der Waals surface area (Å²) in [5.74, 6) is 0.246. The van der Waals surface area contributed by atoms with Crippen LogP contribution in [0.15, 0.2) is 0 Å². The molecule has 2 rings (SSSR count). The van der Waals surface area contributed by atoms with E-state index in [-0.39, 0.29) is 5.92 Å². The van der Waals surface area contributed by atoms with Crippen LogP contribution in [0.1, 0.15) is 6.42 Å². The first-order valence-electron chi connectivity index (χ1n) is 5.18. The Morgan fingerprint density at radius 3 is 2.64 bits per heavy atom. The lowest BCUT2D eigenvalue weighted by molar-refractivity contribution is -0.139. The largest absolute Gasteiger partial charge is 0.481 e. The fourth-order valence-electron chi connectivity index (χ4n) is 2.60. The minimum atomic E-state index is -0.600. The summed E-state index contributed by atoms with van der Waals surface area (Å²) in [5, 5.41) is 8.82. The van der Waals surface area contributed by atoms with Crippen molar-refractivity contribution in [2.45, 2.75) is 6.42 Å². The number of methoxy groups -OCH3 is 1. The van der Waals surface area contributed by atoms with Crippen molar-refractivity contribution in [1.82, 2.24) is 4.90 Å². The first kappa shape index (κ1) is 9.93. The highest BCUT2D eigenvalue weighted by Gasteiger charge is 2.59. The molecule has 1 N–H and O–H groups in total. The summed E-state index contributed by atoms with van der Waals surface area (Å²) >= 11 is 0. The van der Waals surface area contributed by atoms with Gasteiger partial charge in [-0.05, 0) is 18.3 Å². The molecule has 1 saturated carbocycles. The van der Waals surface area contributed by atoms with Gasteiger partial charge in [0.15, 0.2) is 0 Å². The van der Waals surface area contributed by atoms with Crippen molar-refractivity contribution in [2.75, 3.05) is 33.4 Å². The van der Waals surface area contributed by atoms with Crippen LogP contribution in [0.25, 0.3) is 0 Å². The van der Waals surface area contributed by atoms with E-state index in [1.165, 1.54) is 0 Å². The van der Waals surface area contributed by atoms with Crippen LogP contribution in [0.2, 0.25) is 0 Å². The SMILES string of the molecule is COCCCN1CC2C(C1)C2C(=O)O.